The monoisotopic (exact) mass is 242 g/mol. The first-order valence-electron chi connectivity index (χ1n) is 5.30. The molecule has 1 aromatic carbocycles. The number of H-pyrrole nitrogens is 1. The predicted molar refractivity (Wildman–Crippen MR) is 61.4 cm³/mol. The molecule has 0 fully saturated rings. The minimum absolute atomic E-state index is 0.226. The van der Waals surface area contributed by atoms with E-state index in [0.29, 0.717) is 29.9 Å². The quantitative estimate of drug-likeness (QED) is 0.787. The van der Waals surface area contributed by atoms with Gasteiger partial charge in [-0.2, -0.15) is 10.5 Å². The number of aromatic nitrogens is 4. The van der Waals surface area contributed by atoms with Gasteiger partial charge in [0.2, 0.25) is 0 Å². The average molecular weight is 242 g/mol. The molecule has 2 aromatic rings. The summed E-state index contributed by atoms with van der Waals surface area (Å²) in [6, 6.07) is 8.51. The summed E-state index contributed by atoms with van der Waals surface area (Å²) in [5, 5.41) is 24.7. The number of nitriles is 1. The van der Waals surface area contributed by atoms with E-state index >= 15 is 0 Å². The summed E-state index contributed by atoms with van der Waals surface area (Å²) in [6.45, 7) is 0.412. The minimum Gasteiger partial charge on any atom is -0.352 e. The number of tetrazole rings is 1. The van der Waals surface area contributed by atoms with E-state index in [1.807, 2.05) is 6.07 Å². The van der Waals surface area contributed by atoms with Crippen LogP contribution in [-0.2, 0) is 6.42 Å². The zero-order chi connectivity index (χ0) is 12.8. The van der Waals surface area contributed by atoms with Crippen molar-refractivity contribution in [2.24, 2.45) is 0 Å². The van der Waals surface area contributed by atoms with Crippen molar-refractivity contribution in [3.05, 3.63) is 41.2 Å². The van der Waals surface area contributed by atoms with Crippen molar-refractivity contribution >= 4 is 5.91 Å². The Morgan fingerprint density at radius 3 is 3.11 bits per heavy atom. The number of nitrogens with one attached hydrogen (secondary N) is 2. The number of hydrogen-bond donors (Lipinski definition) is 2. The molecular formula is C11H10N6O. The third-order valence-electron chi connectivity index (χ3n) is 2.28. The van der Waals surface area contributed by atoms with E-state index in [0.717, 1.165) is 0 Å². The molecule has 0 spiro atoms. The fourth-order valence-corrected chi connectivity index (χ4v) is 1.41. The molecule has 0 saturated heterocycles. The minimum atomic E-state index is -0.226. The Kier molecular flexibility index (Phi) is 3.61. The summed E-state index contributed by atoms with van der Waals surface area (Å²) in [4.78, 5) is 11.8. The van der Waals surface area contributed by atoms with Gasteiger partial charge in [-0.25, -0.2) is 0 Å². The lowest BCUT2D eigenvalue weighted by molar-refractivity contribution is 0.0954. The van der Waals surface area contributed by atoms with Crippen LogP contribution in [0.4, 0.5) is 0 Å². The third-order valence-corrected chi connectivity index (χ3v) is 2.28. The Bertz CT molecular complexity index is 571. The molecule has 0 unspecified atom stereocenters. The highest BCUT2D eigenvalue weighted by molar-refractivity contribution is 5.94. The Hall–Kier alpha value is -2.75. The smallest absolute Gasteiger partial charge is 0.251 e. The molecule has 18 heavy (non-hydrogen) atoms. The zero-order valence-electron chi connectivity index (χ0n) is 9.42. The number of carbonyl (C=O) groups is 1. The van der Waals surface area contributed by atoms with Crippen molar-refractivity contribution in [1.82, 2.24) is 25.9 Å². The van der Waals surface area contributed by atoms with Gasteiger partial charge < -0.3 is 5.32 Å². The second-order valence-corrected chi connectivity index (χ2v) is 3.53. The lowest BCUT2D eigenvalue weighted by atomic mass is 10.1. The lowest BCUT2D eigenvalue weighted by Crippen LogP contribution is -2.26. The average Bonchev–Trinajstić information content (AvgIpc) is 2.92. The van der Waals surface area contributed by atoms with Crippen LogP contribution in [0.25, 0.3) is 0 Å². The number of rotatable bonds is 4. The van der Waals surface area contributed by atoms with Gasteiger partial charge in [-0.15, -0.1) is 10.2 Å². The maximum absolute atomic E-state index is 11.8. The summed E-state index contributed by atoms with van der Waals surface area (Å²) in [7, 11) is 0. The maximum atomic E-state index is 11.8. The number of amides is 1. The van der Waals surface area contributed by atoms with Crippen molar-refractivity contribution in [3.63, 3.8) is 0 Å². The molecule has 90 valence electrons. The van der Waals surface area contributed by atoms with Gasteiger partial charge in [-0.1, -0.05) is 11.3 Å². The standard InChI is InChI=1S/C11H10N6O/c12-7-8-2-1-3-9(6-8)11(18)13-5-4-10-14-16-17-15-10/h1-3,6H,4-5H2,(H,13,18)(H,14,15,16,17). The fourth-order valence-electron chi connectivity index (χ4n) is 1.41. The van der Waals surface area contributed by atoms with E-state index in [1.54, 1.807) is 24.3 Å². The van der Waals surface area contributed by atoms with E-state index in [9.17, 15) is 4.79 Å². The zero-order valence-corrected chi connectivity index (χ0v) is 9.42. The van der Waals surface area contributed by atoms with Gasteiger partial charge in [0.1, 0.15) is 0 Å². The molecule has 0 radical (unpaired) electrons. The van der Waals surface area contributed by atoms with Crippen molar-refractivity contribution in [2.75, 3.05) is 6.54 Å². The first-order chi connectivity index (χ1) is 8.79. The summed E-state index contributed by atoms with van der Waals surface area (Å²) >= 11 is 0. The van der Waals surface area contributed by atoms with Crippen LogP contribution in [-0.4, -0.2) is 33.1 Å². The topological polar surface area (TPSA) is 107 Å². The lowest BCUT2D eigenvalue weighted by Gasteiger charge is -2.03. The van der Waals surface area contributed by atoms with Gasteiger partial charge in [-0.05, 0) is 18.2 Å². The molecule has 7 nitrogen and oxygen atoms in total. The second-order valence-electron chi connectivity index (χ2n) is 3.53. The molecule has 7 heteroatoms. The summed E-state index contributed by atoms with van der Waals surface area (Å²) < 4.78 is 0. The Balaban J connectivity index is 1.89. The van der Waals surface area contributed by atoms with E-state index in [-0.39, 0.29) is 5.91 Å². The van der Waals surface area contributed by atoms with Gasteiger partial charge in [0.25, 0.3) is 5.91 Å². The van der Waals surface area contributed by atoms with Gasteiger partial charge in [0, 0.05) is 18.5 Å². The SMILES string of the molecule is N#Cc1cccc(C(=O)NCCc2nn[nH]n2)c1. The van der Waals surface area contributed by atoms with E-state index in [2.05, 4.69) is 25.9 Å². The molecule has 1 amide bonds. The number of hydrogen-bond acceptors (Lipinski definition) is 5. The molecular weight excluding hydrogens is 232 g/mol. The van der Waals surface area contributed by atoms with Crippen LogP contribution in [0.2, 0.25) is 0 Å². The highest BCUT2D eigenvalue weighted by Gasteiger charge is 2.06. The van der Waals surface area contributed by atoms with Crippen LogP contribution in [0, 0.1) is 11.3 Å². The van der Waals surface area contributed by atoms with Gasteiger partial charge in [0.15, 0.2) is 5.82 Å². The van der Waals surface area contributed by atoms with E-state index in [1.165, 1.54) is 0 Å². The molecule has 0 saturated carbocycles. The van der Waals surface area contributed by atoms with Crippen molar-refractivity contribution in [1.29, 1.82) is 5.26 Å². The predicted octanol–water partition coefficient (Wildman–Crippen LogP) is 0.0439. The highest BCUT2D eigenvalue weighted by atomic mass is 16.1. The largest absolute Gasteiger partial charge is 0.352 e. The molecule has 0 aliphatic carbocycles. The van der Waals surface area contributed by atoms with Crippen LogP contribution in [0.3, 0.4) is 0 Å². The number of nitrogens with zero attached hydrogens (tertiary/aromatic N) is 4. The van der Waals surface area contributed by atoms with Crippen molar-refractivity contribution in [2.45, 2.75) is 6.42 Å². The van der Waals surface area contributed by atoms with Crippen molar-refractivity contribution < 1.29 is 4.79 Å². The van der Waals surface area contributed by atoms with Gasteiger partial charge in [0.05, 0.1) is 11.6 Å². The Morgan fingerprint density at radius 1 is 1.50 bits per heavy atom. The van der Waals surface area contributed by atoms with Crippen LogP contribution in [0.5, 0.6) is 0 Å². The van der Waals surface area contributed by atoms with Crippen LogP contribution < -0.4 is 5.32 Å². The molecule has 2 rings (SSSR count). The summed E-state index contributed by atoms with van der Waals surface area (Å²) in [5.74, 6) is 0.316. The van der Waals surface area contributed by atoms with Crippen molar-refractivity contribution in [3.8, 4) is 6.07 Å². The van der Waals surface area contributed by atoms with Crippen LogP contribution in [0.15, 0.2) is 24.3 Å². The van der Waals surface area contributed by atoms with Crippen LogP contribution in [0.1, 0.15) is 21.7 Å². The molecule has 1 heterocycles. The summed E-state index contributed by atoms with van der Waals surface area (Å²) in [5.41, 5.74) is 0.919. The fraction of sp³-hybridized carbons (Fsp3) is 0.182. The maximum Gasteiger partial charge on any atom is 0.251 e. The summed E-state index contributed by atoms with van der Waals surface area (Å²) in [6.07, 6.45) is 0.500. The van der Waals surface area contributed by atoms with E-state index in [4.69, 9.17) is 5.26 Å². The Labute approximate surface area is 103 Å². The molecule has 0 aliphatic rings. The van der Waals surface area contributed by atoms with Crippen LogP contribution >= 0.6 is 0 Å². The number of benzene rings is 1. The van der Waals surface area contributed by atoms with Gasteiger partial charge >= 0.3 is 0 Å². The molecule has 2 N–H and O–H groups in total. The first-order valence-corrected chi connectivity index (χ1v) is 5.30. The van der Waals surface area contributed by atoms with E-state index < -0.39 is 0 Å². The Morgan fingerprint density at radius 2 is 2.39 bits per heavy atom. The first kappa shape index (κ1) is 11.7. The third kappa shape index (κ3) is 2.89. The highest BCUT2D eigenvalue weighted by Crippen LogP contribution is 2.03. The molecule has 0 bridgehead atoms. The molecule has 0 atom stereocenters. The number of carbonyl (C=O) groups excluding carboxylic acids is 1. The van der Waals surface area contributed by atoms with Gasteiger partial charge in [-0.3, -0.25) is 4.79 Å². The molecule has 0 aliphatic heterocycles. The molecule has 1 aromatic heterocycles. The number of aromatic amines is 1. The second kappa shape index (κ2) is 5.54. The normalized spacial score (nSPS) is 9.72.